The highest BCUT2D eigenvalue weighted by molar-refractivity contribution is 5.88. The van der Waals surface area contributed by atoms with Gasteiger partial charge < -0.3 is 10.5 Å². The van der Waals surface area contributed by atoms with Gasteiger partial charge in [-0.2, -0.15) is 18.3 Å². The molecule has 33 heavy (non-hydrogen) atoms. The number of hydrogen-bond donors (Lipinski definition) is 1. The third-order valence-corrected chi connectivity index (χ3v) is 5.63. The van der Waals surface area contributed by atoms with Gasteiger partial charge in [-0.1, -0.05) is 12.1 Å². The van der Waals surface area contributed by atoms with Crippen LogP contribution in [0.25, 0.3) is 10.4 Å². The van der Waals surface area contributed by atoms with Crippen molar-refractivity contribution >= 4 is 17.2 Å². The first-order valence-corrected chi connectivity index (χ1v) is 10.4. The Balaban J connectivity index is 1.93. The lowest BCUT2D eigenvalue weighted by Crippen LogP contribution is -2.58. The van der Waals surface area contributed by atoms with Crippen LogP contribution in [0, 0.1) is 6.57 Å². The molecule has 2 heterocycles. The zero-order valence-electron chi connectivity index (χ0n) is 18.8. The van der Waals surface area contributed by atoms with Crippen LogP contribution < -0.4 is 5.73 Å². The molecule has 3 rings (SSSR count). The number of primary amides is 1. The van der Waals surface area contributed by atoms with Crippen molar-refractivity contribution < 1.29 is 22.7 Å². The van der Waals surface area contributed by atoms with Crippen LogP contribution in [0.15, 0.2) is 36.7 Å². The lowest BCUT2D eigenvalue weighted by molar-refractivity contribution is -0.254. The predicted octanol–water partition coefficient (Wildman–Crippen LogP) is 3.86. The van der Waals surface area contributed by atoms with Crippen molar-refractivity contribution in [1.82, 2.24) is 14.7 Å². The number of rotatable bonds is 6. The molecule has 2 aromatic rings. The van der Waals surface area contributed by atoms with Crippen LogP contribution in [-0.2, 0) is 23.1 Å². The minimum absolute atomic E-state index is 0.0107. The van der Waals surface area contributed by atoms with Gasteiger partial charge in [0.1, 0.15) is 0 Å². The number of carbonyl (C=O) groups is 1. The molecule has 0 bridgehead atoms. The molecule has 1 aromatic heterocycles. The third kappa shape index (κ3) is 5.80. The summed E-state index contributed by atoms with van der Waals surface area (Å²) in [6.07, 6.45) is -1.14. The van der Waals surface area contributed by atoms with Gasteiger partial charge in [-0.05, 0) is 35.9 Å². The molecule has 1 aliphatic rings. The van der Waals surface area contributed by atoms with Crippen molar-refractivity contribution in [3.63, 3.8) is 0 Å². The van der Waals surface area contributed by atoms with E-state index in [0.717, 1.165) is 11.1 Å². The molecule has 0 radical (unpaired) electrons. The zero-order valence-corrected chi connectivity index (χ0v) is 18.8. The Labute approximate surface area is 190 Å². The van der Waals surface area contributed by atoms with Gasteiger partial charge >= 0.3 is 11.9 Å². The lowest BCUT2D eigenvalue weighted by atomic mass is 9.95. The largest absolute Gasteiger partial charge is 0.415 e. The van der Waals surface area contributed by atoms with E-state index in [2.05, 4.69) is 9.94 Å². The van der Waals surface area contributed by atoms with E-state index >= 15 is 0 Å². The molecule has 2 N–H and O–H groups in total. The molecule has 1 atom stereocenters. The van der Waals surface area contributed by atoms with Gasteiger partial charge in [0.05, 0.1) is 18.4 Å². The molecule has 0 unspecified atom stereocenters. The monoisotopic (exact) mass is 462 g/mol. The highest BCUT2D eigenvalue weighted by atomic mass is 19.4. The summed E-state index contributed by atoms with van der Waals surface area (Å²) in [5, 5.41) is 4.17. The summed E-state index contributed by atoms with van der Waals surface area (Å²) < 4.78 is 46.4. The standard InChI is InChI=1S/C23H26F3N5O2/c1-22(2)14-33-20(23(24,25)26)13-31(22)11-15-5-6-18(19(9-15)28-3)17(7-8-21(27)32)16-10-29-30(4)12-16/h3,5-7,9-10,12,20H,8,11,13-14H2,1-2,4H3,(H-,27,32)/p+1/b17-7-/t20-/m1/s1. The lowest BCUT2D eigenvalue weighted by Gasteiger charge is -2.45. The van der Waals surface area contributed by atoms with Gasteiger partial charge in [-0.25, -0.2) is 0 Å². The normalized spacial score (nSPS) is 19.3. The Bertz CT molecular complexity index is 1100. The van der Waals surface area contributed by atoms with Gasteiger partial charge in [0.15, 0.2) is 6.10 Å². The van der Waals surface area contributed by atoms with E-state index in [1.807, 2.05) is 19.9 Å². The molecule has 1 fully saturated rings. The number of nitrogens with two attached hydrogens (primary N) is 1. The van der Waals surface area contributed by atoms with E-state index in [1.54, 1.807) is 47.2 Å². The number of ether oxygens (including phenoxy) is 1. The number of hydrogen-bond acceptors (Lipinski definition) is 4. The molecule has 0 spiro atoms. The second kappa shape index (κ2) is 9.37. The summed E-state index contributed by atoms with van der Waals surface area (Å²) in [6.45, 7) is 9.30. The van der Waals surface area contributed by atoms with Crippen LogP contribution in [-0.4, -0.2) is 51.6 Å². The molecule has 0 aliphatic carbocycles. The zero-order chi connectivity index (χ0) is 24.4. The summed E-state index contributed by atoms with van der Waals surface area (Å²) in [5.74, 6) is -0.493. The Morgan fingerprint density at radius 3 is 2.73 bits per heavy atom. The smallest absolute Gasteiger partial charge is 0.369 e. The minimum Gasteiger partial charge on any atom is -0.369 e. The fourth-order valence-corrected chi connectivity index (χ4v) is 3.75. The van der Waals surface area contributed by atoms with Crippen LogP contribution in [0.3, 0.4) is 0 Å². The average Bonchev–Trinajstić information content (AvgIpc) is 3.15. The molecular weight excluding hydrogens is 435 g/mol. The Kier molecular flexibility index (Phi) is 6.95. The van der Waals surface area contributed by atoms with E-state index in [0.29, 0.717) is 16.8 Å². The van der Waals surface area contributed by atoms with Gasteiger partial charge in [0, 0.05) is 49.9 Å². The first-order valence-electron chi connectivity index (χ1n) is 10.4. The molecular formula is C23H27F3N5O2+. The molecule has 176 valence electrons. The van der Waals surface area contributed by atoms with E-state index in [-0.39, 0.29) is 26.1 Å². The van der Waals surface area contributed by atoms with Crippen LogP contribution in [0.1, 0.15) is 37.0 Å². The number of halogens is 3. The molecule has 1 aliphatic heterocycles. The number of nitrogens with zero attached hydrogens (tertiary/aromatic N) is 4. The van der Waals surface area contributed by atoms with E-state index in [4.69, 9.17) is 17.0 Å². The molecule has 1 amide bonds. The molecule has 1 saturated heterocycles. The maximum Gasteiger partial charge on any atom is 0.415 e. The average molecular weight is 462 g/mol. The fraction of sp³-hybridized carbons (Fsp3) is 0.435. The van der Waals surface area contributed by atoms with Gasteiger partial charge in [-0.3, -0.25) is 14.4 Å². The number of aryl methyl sites for hydroxylation is 1. The van der Waals surface area contributed by atoms with Crippen molar-refractivity contribution in [2.75, 3.05) is 13.2 Å². The van der Waals surface area contributed by atoms with E-state index in [9.17, 15) is 18.0 Å². The number of morpholine rings is 1. The highest BCUT2D eigenvalue weighted by Crippen LogP contribution is 2.35. The quantitative estimate of drug-likeness (QED) is 0.707. The van der Waals surface area contributed by atoms with Crippen LogP contribution >= 0.6 is 0 Å². The summed E-state index contributed by atoms with van der Waals surface area (Å²) >= 11 is 0. The first kappa shape index (κ1) is 24.5. The van der Waals surface area contributed by atoms with Gasteiger partial charge in [-0.15, -0.1) is 0 Å². The fourth-order valence-electron chi connectivity index (χ4n) is 3.75. The van der Waals surface area contributed by atoms with Crippen LogP contribution in [0.4, 0.5) is 18.9 Å². The molecule has 7 nitrogen and oxygen atoms in total. The Hall–Kier alpha value is -3.16. The van der Waals surface area contributed by atoms with Gasteiger partial charge in [0.25, 0.3) is 6.57 Å². The first-order chi connectivity index (χ1) is 15.4. The Morgan fingerprint density at radius 1 is 1.42 bits per heavy atom. The molecule has 1 aromatic carbocycles. The van der Waals surface area contributed by atoms with Crippen molar-refractivity contribution in [1.29, 1.82) is 0 Å². The number of aromatic nitrogens is 2. The van der Waals surface area contributed by atoms with Crippen molar-refractivity contribution in [2.45, 2.75) is 44.6 Å². The summed E-state index contributed by atoms with van der Waals surface area (Å²) in [7, 11) is 1.77. The van der Waals surface area contributed by atoms with Gasteiger partial charge in [0.2, 0.25) is 5.91 Å². The van der Waals surface area contributed by atoms with Crippen molar-refractivity contribution in [2.24, 2.45) is 12.8 Å². The SMILES string of the molecule is C#[N+]c1cc(CN2C[C@H](C(F)(F)F)OCC2(C)C)ccc1/C(=C\CC(N)=O)c1cnn(C)c1. The van der Waals surface area contributed by atoms with E-state index in [1.165, 1.54) is 0 Å². The molecule has 0 saturated carbocycles. The van der Waals surface area contributed by atoms with Crippen LogP contribution in [0.2, 0.25) is 0 Å². The highest BCUT2D eigenvalue weighted by Gasteiger charge is 2.47. The second-order valence-electron chi connectivity index (χ2n) is 8.71. The number of amides is 1. The summed E-state index contributed by atoms with van der Waals surface area (Å²) in [6, 6.07) is 5.33. The molecule has 10 heteroatoms. The predicted molar refractivity (Wildman–Crippen MR) is 119 cm³/mol. The summed E-state index contributed by atoms with van der Waals surface area (Å²) in [5.41, 5.74) is 8.01. The third-order valence-electron chi connectivity index (χ3n) is 5.63. The number of benzene rings is 1. The maximum atomic E-state index is 13.2. The minimum atomic E-state index is -4.43. The van der Waals surface area contributed by atoms with Crippen molar-refractivity contribution in [3.05, 3.63) is 58.2 Å². The Morgan fingerprint density at radius 2 is 2.15 bits per heavy atom. The van der Waals surface area contributed by atoms with Crippen LogP contribution in [0.5, 0.6) is 0 Å². The topological polar surface area (TPSA) is 77.7 Å². The summed E-state index contributed by atoms with van der Waals surface area (Å²) in [4.78, 5) is 17.0. The second-order valence-corrected chi connectivity index (χ2v) is 8.71. The van der Waals surface area contributed by atoms with Crippen molar-refractivity contribution in [3.8, 4) is 6.57 Å². The van der Waals surface area contributed by atoms with E-state index < -0.39 is 23.7 Å². The maximum absolute atomic E-state index is 13.2. The number of alkyl halides is 3. The number of carbonyl (C=O) groups excluding carboxylic acids is 1.